The van der Waals surface area contributed by atoms with Crippen molar-refractivity contribution in [2.75, 3.05) is 13.2 Å². The molecule has 0 aliphatic heterocycles. The lowest BCUT2D eigenvalue weighted by Crippen LogP contribution is -2.05. The van der Waals surface area contributed by atoms with Crippen LogP contribution in [0, 0.1) is 0 Å². The van der Waals surface area contributed by atoms with Crippen molar-refractivity contribution >= 4 is 11.9 Å². The summed E-state index contributed by atoms with van der Waals surface area (Å²) in [7, 11) is 0. The molecule has 238 valence electrons. The van der Waals surface area contributed by atoms with Crippen LogP contribution >= 0.6 is 0 Å². The smallest absolute Gasteiger partial charge is 0.305 e. The highest BCUT2D eigenvalue weighted by Gasteiger charge is 2.03. The number of carbonyl (C=O) groups is 2. The fourth-order valence-electron chi connectivity index (χ4n) is 5.29. The van der Waals surface area contributed by atoms with E-state index >= 15 is 0 Å². The summed E-state index contributed by atoms with van der Waals surface area (Å²) in [5, 5.41) is 0. The van der Waals surface area contributed by atoms with E-state index in [1.54, 1.807) is 0 Å². The van der Waals surface area contributed by atoms with E-state index in [1.165, 1.54) is 141 Å². The Bertz CT molecular complexity index is 473. The molecule has 4 nitrogen and oxygen atoms in total. The number of ether oxygens (including phenoxy) is 2. The van der Waals surface area contributed by atoms with Crippen molar-refractivity contribution in [1.29, 1.82) is 0 Å². The van der Waals surface area contributed by atoms with E-state index in [9.17, 15) is 9.59 Å². The van der Waals surface area contributed by atoms with Crippen molar-refractivity contribution in [3.8, 4) is 0 Å². The van der Waals surface area contributed by atoms with Crippen molar-refractivity contribution in [1.82, 2.24) is 0 Å². The third-order valence-corrected chi connectivity index (χ3v) is 8.03. The lowest BCUT2D eigenvalue weighted by atomic mass is 10.0. The summed E-state index contributed by atoms with van der Waals surface area (Å²) in [6.07, 6.45) is 36.4. The molecular weight excluding hydrogens is 496 g/mol. The molecule has 0 aromatic heterocycles. The highest BCUT2D eigenvalue weighted by molar-refractivity contribution is 5.69. The molecule has 0 aliphatic rings. The van der Waals surface area contributed by atoms with Gasteiger partial charge >= 0.3 is 11.9 Å². The summed E-state index contributed by atoms with van der Waals surface area (Å²) < 4.78 is 10.7. The number of carbonyl (C=O) groups excluding carboxylic acids is 2. The minimum atomic E-state index is 0.00363. The molecule has 0 aromatic carbocycles. The Labute approximate surface area is 250 Å². The van der Waals surface area contributed by atoms with Crippen LogP contribution < -0.4 is 0 Å². The molecule has 0 N–H and O–H groups in total. The van der Waals surface area contributed by atoms with Gasteiger partial charge < -0.3 is 9.47 Å². The lowest BCUT2D eigenvalue weighted by molar-refractivity contribution is -0.144. The molecule has 0 rings (SSSR count). The molecule has 0 unspecified atom stereocenters. The molecule has 0 saturated heterocycles. The van der Waals surface area contributed by atoms with Gasteiger partial charge in [-0.3, -0.25) is 9.59 Å². The standard InChI is InChI=1S/C36H70O4/c1-3-5-7-9-23-27-31-35(37)39-33-29-25-21-19-17-15-13-11-12-14-16-18-20-22-26-30-34-40-36(38)32-28-24-10-8-6-4-2/h3-34H2,1-2H3. The van der Waals surface area contributed by atoms with Crippen molar-refractivity contribution in [3.63, 3.8) is 0 Å². The van der Waals surface area contributed by atoms with E-state index < -0.39 is 0 Å². The summed E-state index contributed by atoms with van der Waals surface area (Å²) in [6.45, 7) is 5.69. The molecule has 0 fully saturated rings. The highest BCUT2D eigenvalue weighted by Crippen LogP contribution is 2.14. The molecule has 0 heterocycles. The monoisotopic (exact) mass is 567 g/mol. The Morgan fingerprint density at radius 2 is 0.550 bits per heavy atom. The zero-order chi connectivity index (χ0) is 29.2. The van der Waals surface area contributed by atoms with Gasteiger partial charge in [0, 0.05) is 12.8 Å². The molecule has 0 atom stereocenters. The van der Waals surface area contributed by atoms with Crippen LogP contribution in [-0.4, -0.2) is 25.2 Å². The van der Waals surface area contributed by atoms with Crippen molar-refractivity contribution in [2.45, 2.75) is 206 Å². The van der Waals surface area contributed by atoms with Gasteiger partial charge in [0.25, 0.3) is 0 Å². The Kier molecular flexibility index (Phi) is 33.2. The van der Waals surface area contributed by atoms with Crippen molar-refractivity contribution < 1.29 is 19.1 Å². The van der Waals surface area contributed by atoms with Crippen LogP contribution in [0.15, 0.2) is 0 Å². The maximum absolute atomic E-state index is 11.7. The summed E-state index contributed by atoms with van der Waals surface area (Å²) in [6, 6.07) is 0. The summed E-state index contributed by atoms with van der Waals surface area (Å²) in [5.74, 6) is 0.00726. The first-order valence-electron chi connectivity index (χ1n) is 18.0. The van der Waals surface area contributed by atoms with E-state index in [4.69, 9.17) is 9.47 Å². The van der Waals surface area contributed by atoms with Crippen LogP contribution in [0.4, 0.5) is 0 Å². The lowest BCUT2D eigenvalue weighted by Gasteiger charge is -2.06. The molecule has 0 amide bonds. The molecule has 0 aliphatic carbocycles. The second-order valence-electron chi connectivity index (χ2n) is 12.1. The maximum Gasteiger partial charge on any atom is 0.305 e. The first-order valence-corrected chi connectivity index (χ1v) is 18.0. The van der Waals surface area contributed by atoms with Crippen LogP contribution in [0.1, 0.15) is 206 Å². The molecule has 40 heavy (non-hydrogen) atoms. The first-order chi connectivity index (χ1) is 19.7. The van der Waals surface area contributed by atoms with Gasteiger partial charge in [-0.25, -0.2) is 0 Å². The summed E-state index contributed by atoms with van der Waals surface area (Å²) in [4.78, 5) is 23.5. The van der Waals surface area contributed by atoms with Gasteiger partial charge in [0.05, 0.1) is 13.2 Å². The predicted octanol–water partition coefficient (Wildman–Crippen LogP) is 11.8. The van der Waals surface area contributed by atoms with Crippen LogP contribution in [0.25, 0.3) is 0 Å². The van der Waals surface area contributed by atoms with Gasteiger partial charge in [0.2, 0.25) is 0 Å². The second kappa shape index (κ2) is 34.1. The fraction of sp³-hybridized carbons (Fsp3) is 0.944. The predicted molar refractivity (Wildman–Crippen MR) is 172 cm³/mol. The van der Waals surface area contributed by atoms with Crippen LogP contribution in [0.2, 0.25) is 0 Å². The van der Waals surface area contributed by atoms with Gasteiger partial charge in [-0.15, -0.1) is 0 Å². The van der Waals surface area contributed by atoms with E-state index in [0.29, 0.717) is 26.1 Å². The summed E-state index contributed by atoms with van der Waals surface area (Å²) >= 11 is 0. The highest BCUT2D eigenvalue weighted by atomic mass is 16.5. The largest absolute Gasteiger partial charge is 0.466 e. The van der Waals surface area contributed by atoms with Gasteiger partial charge in [-0.05, 0) is 25.7 Å². The van der Waals surface area contributed by atoms with Crippen LogP contribution in [0.5, 0.6) is 0 Å². The molecular formula is C36H70O4. The van der Waals surface area contributed by atoms with Gasteiger partial charge in [0.1, 0.15) is 0 Å². The molecule has 0 saturated carbocycles. The molecule has 4 heteroatoms. The average Bonchev–Trinajstić information content (AvgIpc) is 2.95. The minimum Gasteiger partial charge on any atom is -0.466 e. The van der Waals surface area contributed by atoms with Gasteiger partial charge in [-0.1, -0.05) is 168 Å². The topological polar surface area (TPSA) is 52.6 Å². The number of hydrogen-bond donors (Lipinski definition) is 0. The minimum absolute atomic E-state index is 0.00363. The SMILES string of the molecule is CCCCCCCCC(=O)OCCCCCCCCCCCCCCCCCCOC(=O)CCCCCCCC. The Balaban J connectivity index is 3.16. The molecule has 0 bridgehead atoms. The Morgan fingerprint density at radius 1 is 0.325 bits per heavy atom. The normalized spacial score (nSPS) is 11.2. The maximum atomic E-state index is 11.7. The van der Waals surface area contributed by atoms with Crippen molar-refractivity contribution in [3.05, 3.63) is 0 Å². The second-order valence-corrected chi connectivity index (χ2v) is 12.1. The molecule has 0 radical (unpaired) electrons. The number of esters is 2. The van der Waals surface area contributed by atoms with Crippen molar-refractivity contribution in [2.24, 2.45) is 0 Å². The Morgan fingerprint density at radius 3 is 0.825 bits per heavy atom. The summed E-state index contributed by atoms with van der Waals surface area (Å²) in [5.41, 5.74) is 0. The van der Waals surface area contributed by atoms with E-state index in [2.05, 4.69) is 13.8 Å². The quantitative estimate of drug-likeness (QED) is 0.0585. The van der Waals surface area contributed by atoms with Gasteiger partial charge in [0.15, 0.2) is 0 Å². The van der Waals surface area contributed by atoms with Crippen LogP contribution in [0.3, 0.4) is 0 Å². The van der Waals surface area contributed by atoms with Gasteiger partial charge in [-0.2, -0.15) is 0 Å². The Hall–Kier alpha value is -1.06. The first kappa shape index (κ1) is 38.9. The average molecular weight is 567 g/mol. The third kappa shape index (κ3) is 33.1. The van der Waals surface area contributed by atoms with E-state index in [1.807, 2.05) is 0 Å². The van der Waals surface area contributed by atoms with E-state index in [0.717, 1.165) is 38.5 Å². The zero-order valence-electron chi connectivity index (χ0n) is 27.3. The molecule has 0 spiro atoms. The number of rotatable bonds is 33. The zero-order valence-corrected chi connectivity index (χ0v) is 27.3. The number of hydrogen-bond acceptors (Lipinski definition) is 4. The fourth-order valence-corrected chi connectivity index (χ4v) is 5.29. The van der Waals surface area contributed by atoms with Crippen LogP contribution in [-0.2, 0) is 19.1 Å². The molecule has 0 aromatic rings. The number of unbranched alkanes of at least 4 members (excludes halogenated alkanes) is 25. The third-order valence-electron chi connectivity index (χ3n) is 8.03. The van der Waals surface area contributed by atoms with E-state index in [-0.39, 0.29) is 11.9 Å².